The summed E-state index contributed by atoms with van der Waals surface area (Å²) in [7, 11) is 0. The van der Waals surface area contributed by atoms with Gasteiger partial charge in [-0.05, 0) is 38.6 Å². The molecule has 1 N–H and O–H groups in total. The van der Waals surface area contributed by atoms with E-state index in [0.29, 0.717) is 0 Å². The number of ether oxygens (including phenoxy) is 1. The molecule has 2 aliphatic rings. The zero-order chi connectivity index (χ0) is 11.5. The van der Waals surface area contributed by atoms with Crippen molar-refractivity contribution in [3.05, 3.63) is 11.7 Å². The molecule has 2 atom stereocenters. The second kappa shape index (κ2) is 5.14. The number of aromatic nitrogens is 2. The topological polar surface area (TPSA) is 60.2 Å². The predicted octanol–water partition coefficient (Wildman–Crippen LogP) is 2.13. The number of rotatable bonds is 2. The van der Waals surface area contributed by atoms with Crippen molar-refractivity contribution in [2.45, 2.75) is 50.7 Å². The summed E-state index contributed by atoms with van der Waals surface area (Å²) in [6.07, 6.45) is 6.95. The van der Waals surface area contributed by atoms with Crippen LogP contribution in [0.4, 0.5) is 0 Å². The quantitative estimate of drug-likeness (QED) is 0.853. The Morgan fingerprint density at radius 1 is 1.12 bits per heavy atom. The van der Waals surface area contributed by atoms with E-state index in [0.717, 1.165) is 44.1 Å². The van der Waals surface area contributed by atoms with Gasteiger partial charge in [0.2, 0.25) is 11.7 Å². The van der Waals surface area contributed by atoms with Gasteiger partial charge in [-0.25, -0.2) is 0 Å². The van der Waals surface area contributed by atoms with Gasteiger partial charge in [0.1, 0.15) is 6.10 Å². The van der Waals surface area contributed by atoms with Crippen molar-refractivity contribution >= 4 is 0 Å². The molecule has 1 aromatic rings. The standard InChI is InChI=1S/C12H19N3O2/c1-3-7-13-9(5-1)12-14-11(15-17-12)10-6-2-4-8-16-10/h9-10,13H,1-8H2. The molecule has 0 aliphatic carbocycles. The van der Waals surface area contributed by atoms with Gasteiger partial charge in [-0.3, -0.25) is 0 Å². The molecule has 0 amide bonds. The van der Waals surface area contributed by atoms with Crippen LogP contribution in [-0.2, 0) is 4.74 Å². The lowest BCUT2D eigenvalue weighted by Crippen LogP contribution is -2.27. The van der Waals surface area contributed by atoms with Crippen LogP contribution in [0.2, 0.25) is 0 Å². The first-order chi connectivity index (χ1) is 8.43. The third-order valence-electron chi connectivity index (χ3n) is 3.53. The highest BCUT2D eigenvalue weighted by molar-refractivity contribution is 4.97. The van der Waals surface area contributed by atoms with E-state index in [1.54, 1.807) is 0 Å². The van der Waals surface area contributed by atoms with Gasteiger partial charge in [0.05, 0.1) is 6.04 Å². The number of piperidine rings is 1. The molecule has 2 saturated heterocycles. The Morgan fingerprint density at radius 2 is 2.06 bits per heavy atom. The Labute approximate surface area is 101 Å². The van der Waals surface area contributed by atoms with E-state index in [4.69, 9.17) is 9.26 Å². The predicted molar refractivity (Wildman–Crippen MR) is 61.4 cm³/mol. The molecule has 0 spiro atoms. The molecule has 0 radical (unpaired) electrons. The van der Waals surface area contributed by atoms with Crippen LogP contribution in [0.25, 0.3) is 0 Å². The van der Waals surface area contributed by atoms with E-state index in [-0.39, 0.29) is 12.1 Å². The summed E-state index contributed by atoms with van der Waals surface area (Å²) in [5.41, 5.74) is 0. The van der Waals surface area contributed by atoms with Crippen LogP contribution in [0.5, 0.6) is 0 Å². The van der Waals surface area contributed by atoms with Gasteiger partial charge in [-0.2, -0.15) is 4.98 Å². The van der Waals surface area contributed by atoms with Crippen molar-refractivity contribution in [2.24, 2.45) is 0 Å². The average molecular weight is 237 g/mol. The van der Waals surface area contributed by atoms with Crippen molar-refractivity contribution in [3.8, 4) is 0 Å². The Hall–Kier alpha value is -0.940. The smallest absolute Gasteiger partial charge is 0.243 e. The molecule has 3 heterocycles. The third kappa shape index (κ3) is 2.50. The lowest BCUT2D eigenvalue weighted by Gasteiger charge is -2.20. The van der Waals surface area contributed by atoms with E-state index in [2.05, 4.69) is 15.5 Å². The van der Waals surface area contributed by atoms with E-state index < -0.39 is 0 Å². The summed E-state index contributed by atoms with van der Waals surface area (Å²) in [5, 5.41) is 7.48. The van der Waals surface area contributed by atoms with Gasteiger partial charge in [0.25, 0.3) is 0 Å². The first-order valence-corrected chi connectivity index (χ1v) is 6.62. The van der Waals surface area contributed by atoms with Crippen LogP contribution >= 0.6 is 0 Å². The maximum Gasteiger partial charge on any atom is 0.243 e. The zero-order valence-corrected chi connectivity index (χ0v) is 10.0. The molecular weight excluding hydrogens is 218 g/mol. The SMILES string of the molecule is C1CCC(c2nc(C3CCCCO3)no2)NC1. The second-order valence-electron chi connectivity index (χ2n) is 4.85. The highest BCUT2D eigenvalue weighted by Gasteiger charge is 2.25. The van der Waals surface area contributed by atoms with Crippen LogP contribution in [0.15, 0.2) is 4.52 Å². The van der Waals surface area contributed by atoms with Gasteiger partial charge in [0, 0.05) is 6.61 Å². The van der Waals surface area contributed by atoms with E-state index >= 15 is 0 Å². The molecular formula is C12H19N3O2. The van der Waals surface area contributed by atoms with Gasteiger partial charge in [-0.1, -0.05) is 11.6 Å². The van der Waals surface area contributed by atoms with Crippen molar-refractivity contribution < 1.29 is 9.26 Å². The summed E-state index contributed by atoms with van der Waals surface area (Å²) in [4.78, 5) is 4.49. The Balaban J connectivity index is 1.68. The minimum absolute atomic E-state index is 0.0461. The van der Waals surface area contributed by atoms with E-state index in [1.807, 2.05) is 0 Å². The van der Waals surface area contributed by atoms with Crippen molar-refractivity contribution in [2.75, 3.05) is 13.2 Å². The van der Waals surface area contributed by atoms with Crippen LogP contribution in [0.1, 0.15) is 62.4 Å². The summed E-state index contributed by atoms with van der Waals surface area (Å²) in [6, 6.07) is 0.244. The van der Waals surface area contributed by atoms with Gasteiger partial charge < -0.3 is 14.6 Å². The van der Waals surface area contributed by atoms with Crippen molar-refractivity contribution in [3.63, 3.8) is 0 Å². The molecule has 0 aromatic carbocycles. The molecule has 2 unspecified atom stereocenters. The maximum atomic E-state index is 5.66. The summed E-state index contributed by atoms with van der Waals surface area (Å²) < 4.78 is 11.0. The summed E-state index contributed by atoms with van der Waals surface area (Å²) in [6.45, 7) is 1.86. The minimum atomic E-state index is 0.0461. The van der Waals surface area contributed by atoms with Crippen LogP contribution < -0.4 is 5.32 Å². The largest absolute Gasteiger partial charge is 0.370 e. The zero-order valence-electron chi connectivity index (χ0n) is 10.0. The molecule has 0 bridgehead atoms. The Bertz CT molecular complexity index is 322. The fourth-order valence-electron chi connectivity index (χ4n) is 2.53. The molecule has 0 saturated carbocycles. The normalized spacial score (nSPS) is 30.4. The lowest BCUT2D eigenvalue weighted by molar-refractivity contribution is 0.00821. The van der Waals surface area contributed by atoms with E-state index in [1.165, 1.54) is 19.3 Å². The number of hydrogen-bond acceptors (Lipinski definition) is 5. The molecule has 2 fully saturated rings. The first-order valence-electron chi connectivity index (χ1n) is 6.62. The summed E-state index contributed by atoms with van der Waals surface area (Å²) in [5.74, 6) is 1.46. The highest BCUT2D eigenvalue weighted by atomic mass is 16.5. The Kier molecular flexibility index (Phi) is 3.38. The van der Waals surface area contributed by atoms with Gasteiger partial charge in [-0.15, -0.1) is 0 Å². The molecule has 17 heavy (non-hydrogen) atoms. The van der Waals surface area contributed by atoms with E-state index in [9.17, 15) is 0 Å². The lowest BCUT2D eigenvalue weighted by atomic mass is 10.1. The average Bonchev–Trinajstić information content (AvgIpc) is 2.90. The molecule has 5 heteroatoms. The molecule has 2 aliphatic heterocycles. The second-order valence-corrected chi connectivity index (χ2v) is 4.85. The monoisotopic (exact) mass is 237 g/mol. The molecule has 1 aromatic heterocycles. The Morgan fingerprint density at radius 3 is 2.82 bits per heavy atom. The molecule has 3 rings (SSSR count). The fraction of sp³-hybridized carbons (Fsp3) is 0.833. The summed E-state index contributed by atoms with van der Waals surface area (Å²) >= 11 is 0. The third-order valence-corrected chi connectivity index (χ3v) is 3.53. The molecule has 5 nitrogen and oxygen atoms in total. The van der Waals surface area contributed by atoms with Crippen LogP contribution in [0, 0.1) is 0 Å². The number of nitrogens with one attached hydrogen (secondary N) is 1. The van der Waals surface area contributed by atoms with Gasteiger partial charge in [0.15, 0.2) is 0 Å². The van der Waals surface area contributed by atoms with Crippen molar-refractivity contribution in [1.82, 2.24) is 15.5 Å². The number of nitrogens with zero attached hydrogens (tertiary/aromatic N) is 2. The van der Waals surface area contributed by atoms with Gasteiger partial charge >= 0.3 is 0 Å². The molecule has 94 valence electrons. The fourth-order valence-corrected chi connectivity index (χ4v) is 2.53. The maximum absolute atomic E-state index is 5.66. The number of hydrogen-bond donors (Lipinski definition) is 1. The minimum Gasteiger partial charge on any atom is -0.370 e. The van der Waals surface area contributed by atoms with Crippen LogP contribution in [-0.4, -0.2) is 23.3 Å². The highest BCUT2D eigenvalue weighted by Crippen LogP contribution is 2.28. The van der Waals surface area contributed by atoms with Crippen LogP contribution in [0.3, 0.4) is 0 Å². The first kappa shape index (κ1) is 11.2. The van der Waals surface area contributed by atoms with Crippen molar-refractivity contribution in [1.29, 1.82) is 0 Å².